The molecule has 1 unspecified atom stereocenters. The number of aromatic nitrogens is 4. The molecule has 2 rings (SSSR count). The number of halogens is 1. The molecule has 0 spiro atoms. The standard InChI is InChI=1S/C11H12ClN5O/c1-7(8-3-5-13-6-4-8)14-10-15-9(12)16-11(17-10)18-2/h3-7H,1-2H3,(H,14,15,16,17). The third kappa shape index (κ3) is 3.04. The Morgan fingerprint density at radius 1 is 1.22 bits per heavy atom. The van der Waals surface area contributed by atoms with Gasteiger partial charge in [-0.3, -0.25) is 4.98 Å². The van der Waals surface area contributed by atoms with Gasteiger partial charge >= 0.3 is 6.01 Å². The van der Waals surface area contributed by atoms with Crippen LogP contribution in [0.2, 0.25) is 5.28 Å². The molecule has 2 aromatic heterocycles. The van der Waals surface area contributed by atoms with Gasteiger partial charge in [0.25, 0.3) is 0 Å². The first-order chi connectivity index (χ1) is 8.69. The van der Waals surface area contributed by atoms with Crippen LogP contribution in [0.25, 0.3) is 0 Å². The van der Waals surface area contributed by atoms with Crippen molar-refractivity contribution in [2.24, 2.45) is 0 Å². The molecule has 1 atom stereocenters. The summed E-state index contributed by atoms with van der Waals surface area (Å²) >= 11 is 5.77. The van der Waals surface area contributed by atoms with Crippen LogP contribution in [0, 0.1) is 0 Å². The molecule has 6 nitrogen and oxygen atoms in total. The Morgan fingerprint density at radius 3 is 2.61 bits per heavy atom. The van der Waals surface area contributed by atoms with Gasteiger partial charge in [0.1, 0.15) is 0 Å². The summed E-state index contributed by atoms with van der Waals surface area (Å²) in [7, 11) is 1.47. The summed E-state index contributed by atoms with van der Waals surface area (Å²) in [6.45, 7) is 1.99. The van der Waals surface area contributed by atoms with Gasteiger partial charge < -0.3 is 10.1 Å². The Labute approximate surface area is 109 Å². The van der Waals surface area contributed by atoms with Crippen LogP contribution in [0.1, 0.15) is 18.5 Å². The Hall–Kier alpha value is -1.95. The second-order valence-corrected chi connectivity index (χ2v) is 3.90. The molecule has 0 bridgehead atoms. The molecule has 94 valence electrons. The first kappa shape index (κ1) is 12.5. The van der Waals surface area contributed by atoms with Crippen LogP contribution in [0.5, 0.6) is 6.01 Å². The Kier molecular flexibility index (Phi) is 3.88. The quantitative estimate of drug-likeness (QED) is 0.913. The van der Waals surface area contributed by atoms with E-state index < -0.39 is 0 Å². The Balaban J connectivity index is 2.16. The molecule has 0 saturated heterocycles. The van der Waals surface area contributed by atoms with E-state index in [1.54, 1.807) is 12.4 Å². The lowest BCUT2D eigenvalue weighted by Gasteiger charge is -2.13. The highest BCUT2D eigenvalue weighted by Crippen LogP contribution is 2.18. The predicted molar refractivity (Wildman–Crippen MR) is 67.7 cm³/mol. The molecule has 2 aromatic rings. The van der Waals surface area contributed by atoms with E-state index in [9.17, 15) is 0 Å². The molecule has 0 saturated carbocycles. The molecule has 18 heavy (non-hydrogen) atoms. The zero-order valence-corrected chi connectivity index (χ0v) is 10.7. The van der Waals surface area contributed by atoms with Gasteiger partial charge in [-0.25, -0.2) is 0 Å². The molecule has 1 N–H and O–H groups in total. The third-order valence-corrected chi connectivity index (χ3v) is 2.49. The van der Waals surface area contributed by atoms with Crippen molar-refractivity contribution in [3.63, 3.8) is 0 Å². The van der Waals surface area contributed by atoms with E-state index in [2.05, 4.69) is 25.3 Å². The van der Waals surface area contributed by atoms with E-state index in [4.69, 9.17) is 16.3 Å². The van der Waals surface area contributed by atoms with Crippen molar-refractivity contribution in [1.29, 1.82) is 0 Å². The molecule has 0 aromatic carbocycles. The lowest BCUT2D eigenvalue weighted by atomic mass is 10.1. The molecule has 2 heterocycles. The van der Waals surface area contributed by atoms with Gasteiger partial charge in [0.15, 0.2) is 0 Å². The van der Waals surface area contributed by atoms with Crippen LogP contribution in [0.15, 0.2) is 24.5 Å². The number of anilines is 1. The van der Waals surface area contributed by atoms with Crippen LogP contribution in [-0.4, -0.2) is 27.0 Å². The highest BCUT2D eigenvalue weighted by molar-refractivity contribution is 6.28. The number of nitrogens with zero attached hydrogens (tertiary/aromatic N) is 4. The normalized spacial score (nSPS) is 11.9. The summed E-state index contributed by atoms with van der Waals surface area (Å²) in [5.74, 6) is 0.371. The van der Waals surface area contributed by atoms with Gasteiger partial charge in [-0.15, -0.1) is 0 Å². The van der Waals surface area contributed by atoms with Gasteiger partial charge in [-0.2, -0.15) is 15.0 Å². The van der Waals surface area contributed by atoms with Crippen molar-refractivity contribution in [3.8, 4) is 6.01 Å². The Morgan fingerprint density at radius 2 is 1.94 bits per heavy atom. The van der Waals surface area contributed by atoms with Crippen molar-refractivity contribution in [2.75, 3.05) is 12.4 Å². The zero-order valence-electron chi connectivity index (χ0n) is 9.96. The van der Waals surface area contributed by atoms with Crippen molar-refractivity contribution in [2.45, 2.75) is 13.0 Å². The average molecular weight is 266 g/mol. The van der Waals surface area contributed by atoms with E-state index in [1.807, 2.05) is 19.1 Å². The molecule has 0 aliphatic rings. The fourth-order valence-electron chi connectivity index (χ4n) is 1.42. The number of rotatable bonds is 4. The van der Waals surface area contributed by atoms with Crippen LogP contribution in [0.3, 0.4) is 0 Å². The van der Waals surface area contributed by atoms with E-state index in [0.717, 1.165) is 5.56 Å². The molecule has 0 fully saturated rings. The summed E-state index contributed by atoms with van der Waals surface area (Å²) < 4.78 is 4.93. The lowest BCUT2D eigenvalue weighted by molar-refractivity contribution is 0.378. The summed E-state index contributed by atoms with van der Waals surface area (Å²) in [4.78, 5) is 15.8. The van der Waals surface area contributed by atoms with Gasteiger partial charge in [-0.05, 0) is 36.2 Å². The number of methoxy groups -OCH3 is 1. The maximum absolute atomic E-state index is 5.77. The second kappa shape index (κ2) is 5.59. The van der Waals surface area contributed by atoms with Crippen LogP contribution in [-0.2, 0) is 0 Å². The first-order valence-corrected chi connectivity index (χ1v) is 5.69. The van der Waals surface area contributed by atoms with Crippen molar-refractivity contribution in [3.05, 3.63) is 35.4 Å². The third-order valence-electron chi connectivity index (χ3n) is 2.32. The minimum absolute atomic E-state index is 0.0242. The van der Waals surface area contributed by atoms with Gasteiger partial charge in [-0.1, -0.05) is 0 Å². The smallest absolute Gasteiger partial charge is 0.322 e. The summed E-state index contributed by atoms with van der Waals surface area (Å²) in [5.41, 5.74) is 1.07. The zero-order chi connectivity index (χ0) is 13.0. The molecule has 0 amide bonds. The highest BCUT2D eigenvalue weighted by atomic mass is 35.5. The van der Waals surface area contributed by atoms with E-state index in [-0.39, 0.29) is 17.3 Å². The molecule has 0 aliphatic heterocycles. The van der Waals surface area contributed by atoms with Crippen molar-refractivity contribution in [1.82, 2.24) is 19.9 Å². The van der Waals surface area contributed by atoms with Crippen LogP contribution in [0.4, 0.5) is 5.95 Å². The summed E-state index contributed by atoms with van der Waals surface area (Å²) in [6, 6.07) is 4.03. The van der Waals surface area contributed by atoms with Gasteiger partial charge in [0, 0.05) is 12.4 Å². The summed E-state index contributed by atoms with van der Waals surface area (Å²) in [5, 5.41) is 3.21. The molecule has 7 heteroatoms. The fraction of sp³-hybridized carbons (Fsp3) is 0.273. The molecule has 0 radical (unpaired) electrons. The maximum atomic E-state index is 5.77. The van der Waals surface area contributed by atoms with Crippen LogP contribution < -0.4 is 10.1 Å². The SMILES string of the molecule is COc1nc(Cl)nc(NC(C)c2ccncc2)n1. The predicted octanol–water partition coefficient (Wildman–Crippen LogP) is 2.10. The van der Waals surface area contributed by atoms with E-state index in [0.29, 0.717) is 5.95 Å². The first-order valence-electron chi connectivity index (χ1n) is 5.31. The molecule has 0 aliphatic carbocycles. The number of pyridine rings is 1. The Bertz CT molecular complexity index is 522. The molecular weight excluding hydrogens is 254 g/mol. The number of hydrogen-bond donors (Lipinski definition) is 1. The van der Waals surface area contributed by atoms with Crippen molar-refractivity contribution >= 4 is 17.5 Å². The minimum atomic E-state index is 0.0242. The second-order valence-electron chi connectivity index (χ2n) is 3.56. The number of hydrogen-bond acceptors (Lipinski definition) is 6. The van der Waals surface area contributed by atoms with E-state index >= 15 is 0 Å². The van der Waals surface area contributed by atoms with Gasteiger partial charge in [0.05, 0.1) is 13.2 Å². The van der Waals surface area contributed by atoms with Crippen LogP contribution >= 0.6 is 11.6 Å². The van der Waals surface area contributed by atoms with E-state index in [1.165, 1.54) is 7.11 Å². The number of ether oxygens (including phenoxy) is 1. The summed E-state index contributed by atoms with van der Waals surface area (Å²) in [6.07, 6.45) is 3.46. The maximum Gasteiger partial charge on any atom is 0.322 e. The van der Waals surface area contributed by atoms with Gasteiger partial charge in [0.2, 0.25) is 11.2 Å². The average Bonchev–Trinajstić information content (AvgIpc) is 2.39. The lowest BCUT2D eigenvalue weighted by Crippen LogP contribution is -2.10. The topological polar surface area (TPSA) is 72.8 Å². The van der Waals surface area contributed by atoms with Crippen molar-refractivity contribution < 1.29 is 4.74 Å². The highest BCUT2D eigenvalue weighted by Gasteiger charge is 2.09. The monoisotopic (exact) mass is 265 g/mol. The fourth-order valence-corrected chi connectivity index (χ4v) is 1.57. The molecular formula is C11H12ClN5O. The number of nitrogens with one attached hydrogen (secondary N) is 1. The minimum Gasteiger partial charge on any atom is -0.467 e. The largest absolute Gasteiger partial charge is 0.467 e.